The SMILES string of the molecule is O=C(O)CCC(NC(=O)NC(C(=O)O)c1ccccc1)C(=O)O. The maximum atomic E-state index is 11.8. The lowest BCUT2D eigenvalue weighted by Crippen LogP contribution is -2.48. The van der Waals surface area contributed by atoms with Crippen molar-refractivity contribution >= 4 is 23.9 Å². The molecule has 0 aliphatic heterocycles. The molecule has 0 aliphatic rings. The summed E-state index contributed by atoms with van der Waals surface area (Å²) in [4.78, 5) is 44.5. The monoisotopic (exact) mass is 324 g/mol. The molecule has 0 saturated heterocycles. The zero-order chi connectivity index (χ0) is 17.4. The third-order valence-electron chi connectivity index (χ3n) is 2.91. The van der Waals surface area contributed by atoms with Gasteiger partial charge in [-0.25, -0.2) is 14.4 Å². The summed E-state index contributed by atoms with van der Waals surface area (Å²) in [5, 5.41) is 30.8. The highest BCUT2D eigenvalue weighted by Crippen LogP contribution is 2.12. The first kappa shape index (κ1) is 18.0. The van der Waals surface area contributed by atoms with Gasteiger partial charge in [-0.15, -0.1) is 0 Å². The minimum absolute atomic E-state index is 0.313. The maximum absolute atomic E-state index is 11.8. The fraction of sp³-hybridized carbons (Fsp3) is 0.286. The Kier molecular flexibility index (Phi) is 6.53. The van der Waals surface area contributed by atoms with Gasteiger partial charge in [-0.1, -0.05) is 30.3 Å². The molecule has 0 radical (unpaired) electrons. The fourth-order valence-corrected chi connectivity index (χ4v) is 1.79. The number of benzene rings is 1. The van der Waals surface area contributed by atoms with Crippen LogP contribution in [-0.4, -0.2) is 45.3 Å². The Morgan fingerprint density at radius 2 is 1.52 bits per heavy atom. The molecule has 2 atom stereocenters. The number of hydrogen-bond acceptors (Lipinski definition) is 4. The molecule has 0 spiro atoms. The summed E-state index contributed by atoms with van der Waals surface area (Å²) < 4.78 is 0. The number of carboxylic acid groups (broad SMARTS) is 3. The quantitative estimate of drug-likeness (QED) is 0.464. The van der Waals surface area contributed by atoms with E-state index in [1.165, 1.54) is 12.1 Å². The van der Waals surface area contributed by atoms with E-state index in [4.69, 9.17) is 15.3 Å². The van der Waals surface area contributed by atoms with Crippen LogP contribution in [0, 0.1) is 0 Å². The van der Waals surface area contributed by atoms with Gasteiger partial charge in [0.05, 0.1) is 0 Å². The molecule has 5 N–H and O–H groups in total. The molecule has 9 nitrogen and oxygen atoms in total. The molecule has 2 amide bonds. The maximum Gasteiger partial charge on any atom is 0.330 e. The first-order valence-electron chi connectivity index (χ1n) is 6.60. The molecule has 1 rings (SSSR count). The molecule has 0 heterocycles. The van der Waals surface area contributed by atoms with E-state index in [9.17, 15) is 19.2 Å². The molecule has 1 aromatic rings. The zero-order valence-electron chi connectivity index (χ0n) is 11.9. The van der Waals surface area contributed by atoms with Crippen molar-refractivity contribution < 1.29 is 34.5 Å². The van der Waals surface area contributed by atoms with Crippen LogP contribution in [-0.2, 0) is 14.4 Å². The third kappa shape index (κ3) is 6.04. The summed E-state index contributed by atoms with van der Waals surface area (Å²) >= 11 is 0. The van der Waals surface area contributed by atoms with Crippen LogP contribution < -0.4 is 10.6 Å². The number of rotatable bonds is 8. The molecule has 0 bridgehead atoms. The average molecular weight is 324 g/mol. The van der Waals surface area contributed by atoms with E-state index < -0.39 is 42.4 Å². The third-order valence-corrected chi connectivity index (χ3v) is 2.91. The molecule has 23 heavy (non-hydrogen) atoms. The van der Waals surface area contributed by atoms with Gasteiger partial charge >= 0.3 is 23.9 Å². The van der Waals surface area contributed by atoms with E-state index in [0.29, 0.717) is 5.56 Å². The topological polar surface area (TPSA) is 153 Å². The Morgan fingerprint density at radius 3 is 2.00 bits per heavy atom. The number of carbonyl (C=O) groups excluding carboxylic acids is 1. The van der Waals surface area contributed by atoms with Gasteiger partial charge in [0.2, 0.25) is 0 Å². The zero-order valence-corrected chi connectivity index (χ0v) is 11.9. The molecule has 9 heteroatoms. The van der Waals surface area contributed by atoms with Gasteiger partial charge in [-0.3, -0.25) is 4.79 Å². The summed E-state index contributed by atoms with van der Waals surface area (Å²) in [5.74, 6) is -3.93. The van der Waals surface area contributed by atoms with Crippen LogP contribution in [0.5, 0.6) is 0 Å². The van der Waals surface area contributed by atoms with E-state index in [0.717, 1.165) is 0 Å². The first-order chi connectivity index (χ1) is 10.8. The largest absolute Gasteiger partial charge is 0.481 e. The van der Waals surface area contributed by atoms with Gasteiger partial charge in [0.15, 0.2) is 6.04 Å². The lowest BCUT2D eigenvalue weighted by atomic mass is 10.1. The van der Waals surface area contributed by atoms with Gasteiger partial charge in [0.1, 0.15) is 6.04 Å². The number of nitrogens with one attached hydrogen (secondary N) is 2. The minimum atomic E-state index is -1.43. The molecule has 0 fully saturated rings. The van der Waals surface area contributed by atoms with Crippen molar-refractivity contribution in [2.75, 3.05) is 0 Å². The Balaban J connectivity index is 2.73. The summed E-state index contributed by atoms with van der Waals surface area (Å²) in [6, 6.07) is 4.06. The second kappa shape index (κ2) is 8.37. The van der Waals surface area contributed by atoms with E-state index in [1.54, 1.807) is 18.2 Å². The predicted octanol–water partition coefficient (Wildman–Crippen LogP) is 0.429. The van der Waals surface area contributed by atoms with Gasteiger partial charge in [-0.2, -0.15) is 0 Å². The Labute approximate surface area is 130 Å². The van der Waals surface area contributed by atoms with Crippen LogP contribution in [0.2, 0.25) is 0 Å². The van der Waals surface area contributed by atoms with E-state index in [1.807, 2.05) is 0 Å². The van der Waals surface area contributed by atoms with E-state index in [-0.39, 0.29) is 6.42 Å². The standard InChI is InChI=1S/C14H16N2O7/c17-10(18)7-6-9(12(19)20)15-14(23)16-11(13(21)22)8-4-2-1-3-5-8/h1-5,9,11H,6-7H2,(H,17,18)(H,19,20)(H,21,22)(H2,15,16,23). The van der Waals surface area contributed by atoms with Crippen LogP contribution in [0.25, 0.3) is 0 Å². The van der Waals surface area contributed by atoms with Crippen molar-refractivity contribution in [1.82, 2.24) is 10.6 Å². The van der Waals surface area contributed by atoms with E-state index in [2.05, 4.69) is 10.6 Å². The fourth-order valence-electron chi connectivity index (χ4n) is 1.79. The summed E-state index contributed by atoms with van der Waals surface area (Å²) in [5.41, 5.74) is 0.313. The number of urea groups is 1. The molecule has 124 valence electrons. The van der Waals surface area contributed by atoms with Crippen molar-refractivity contribution in [3.05, 3.63) is 35.9 Å². The van der Waals surface area contributed by atoms with Crippen molar-refractivity contribution in [2.45, 2.75) is 24.9 Å². The van der Waals surface area contributed by atoms with Crippen molar-refractivity contribution in [2.24, 2.45) is 0 Å². The van der Waals surface area contributed by atoms with Crippen molar-refractivity contribution in [1.29, 1.82) is 0 Å². The highest BCUT2D eigenvalue weighted by Gasteiger charge is 2.25. The second-order valence-electron chi connectivity index (χ2n) is 4.62. The average Bonchev–Trinajstić information content (AvgIpc) is 2.49. The number of carboxylic acids is 3. The molecule has 0 aromatic heterocycles. The normalized spacial score (nSPS) is 12.7. The Hall–Kier alpha value is -3.10. The molecule has 2 unspecified atom stereocenters. The molecular formula is C14H16N2O7. The first-order valence-corrected chi connectivity index (χ1v) is 6.60. The number of carbonyl (C=O) groups is 4. The van der Waals surface area contributed by atoms with Crippen molar-refractivity contribution in [3.63, 3.8) is 0 Å². The van der Waals surface area contributed by atoms with Crippen LogP contribution in [0.3, 0.4) is 0 Å². The molecule has 0 saturated carbocycles. The smallest absolute Gasteiger partial charge is 0.330 e. The molecule has 0 aliphatic carbocycles. The molecular weight excluding hydrogens is 308 g/mol. The number of amides is 2. The Bertz CT molecular complexity index is 588. The van der Waals surface area contributed by atoms with Crippen LogP contribution in [0.4, 0.5) is 4.79 Å². The molecule has 1 aromatic carbocycles. The van der Waals surface area contributed by atoms with Gasteiger partial charge in [0, 0.05) is 6.42 Å². The predicted molar refractivity (Wildman–Crippen MR) is 76.8 cm³/mol. The summed E-state index contributed by atoms with van der Waals surface area (Å²) in [6.07, 6.45) is -0.764. The van der Waals surface area contributed by atoms with Gasteiger partial charge in [-0.05, 0) is 12.0 Å². The number of hydrogen-bond donors (Lipinski definition) is 5. The highest BCUT2D eigenvalue weighted by atomic mass is 16.4. The highest BCUT2D eigenvalue weighted by molar-refractivity contribution is 5.86. The van der Waals surface area contributed by atoms with Crippen LogP contribution in [0.15, 0.2) is 30.3 Å². The van der Waals surface area contributed by atoms with Crippen LogP contribution in [0.1, 0.15) is 24.4 Å². The lowest BCUT2D eigenvalue weighted by molar-refractivity contribution is -0.140. The minimum Gasteiger partial charge on any atom is -0.481 e. The lowest BCUT2D eigenvalue weighted by Gasteiger charge is -2.18. The van der Waals surface area contributed by atoms with Gasteiger partial charge < -0.3 is 26.0 Å². The summed E-state index contributed by atoms with van der Waals surface area (Å²) in [7, 11) is 0. The Morgan fingerprint density at radius 1 is 0.913 bits per heavy atom. The summed E-state index contributed by atoms with van der Waals surface area (Å²) in [6.45, 7) is 0. The van der Waals surface area contributed by atoms with Crippen molar-refractivity contribution in [3.8, 4) is 0 Å². The van der Waals surface area contributed by atoms with Crippen LogP contribution >= 0.6 is 0 Å². The number of aliphatic carboxylic acids is 3. The van der Waals surface area contributed by atoms with E-state index >= 15 is 0 Å². The van der Waals surface area contributed by atoms with Gasteiger partial charge in [0.25, 0.3) is 0 Å². The second-order valence-corrected chi connectivity index (χ2v) is 4.62.